The van der Waals surface area contributed by atoms with Gasteiger partial charge in [-0.1, -0.05) is 12.5 Å². The first-order chi connectivity index (χ1) is 14.6. The van der Waals surface area contributed by atoms with Gasteiger partial charge in [0, 0.05) is 44.6 Å². The fraction of sp³-hybridized carbons (Fsp3) is 0.727. The summed E-state index contributed by atoms with van der Waals surface area (Å²) in [5, 5.41) is 9.39. The Morgan fingerprint density at radius 1 is 1.33 bits per heavy atom. The topological polar surface area (TPSA) is 69.2 Å². The van der Waals surface area contributed by atoms with Crippen LogP contribution < -0.4 is 10.6 Å². The molecule has 0 radical (unpaired) electrons. The summed E-state index contributed by atoms with van der Waals surface area (Å²) in [5.41, 5.74) is 0. The lowest BCUT2D eigenvalue weighted by Gasteiger charge is -2.34. The molecule has 4 unspecified atom stereocenters. The number of amides is 1. The molecule has 7 nitrogen and oxygen atoms in total. The summed E-state index contributed by atoms with van der Waals surface area (Å²) in [5.74, 6) is 2.41. The molecule has 2 heterocycles. The zero-order chi connectivity index (χ0) is 20.9. The zero-order valence-corrected chi connectivity index (χ0v) is 19.0. The van der Waals surface area contributed by atoms with Crippen LogP contribution in [-0.2, 0) is 9.53 Å². The quantitative estimate of drug-likeness (QED) is 0.508. The maximum atomic E-state index is 12.1. The van der Waals surface area contributed by atoms with Crippen LogP contribution in [0.4, 0.5) is 0 Å². The largest absolute Gasteiger partial charge is 0.379 e. The number of hydrogen-bond acceptors (Lipinski definition) is 5. The number of likely N-dealkylation sites (N-methyl/N-ethyl adjacent to an activating group) is 1. The van der Waals surface area contributed by atoms with Gasteiger partial charge in [-0.05, 0) is 42.5 Å². The van der Waals surface area contributed by atoms with Gasteiger partial charge in [-0.25, -0.2) is 4.99 Å². The van der Waals surface area contributed by atoms with E-state index in [4.69, 9.17) is 4.74 Å². The van der Waals surface area contributed by atoms with Gasteiger partial charge in [-0.15, -0.1) is 11.3 Å². The van der Waals surface area contributed by atoms with Crippen LogP contribution in [0.5, 0.6) is 0 Å². The lowest BCUT2D eigenvalue weighted by Crippen LogP contribution is -2.49. The molecule has 166 valence electrons. The molecule has 8 heteroatoms. The minimum absolute atomic E-state index is 0.0204. The molecule has 1 saturated heterocycles. The zero-order valence-electron chi connectivity index (χ0n) is 18.2. The number of guanidine groups is 1. The van der Waals surface area contributed by atoms with Crippen molar-refractivity contribution in [2.45, 2.75) is 37.8 Å². The summed E-state index contributed by atoms with van der Waals surface area (Å²) in [6, 6.07) is 5.09. The lowest BCUT2D eigenvalue weighted by molar-refractivity contribution is -0.127. The molecule has 1 aromatic heterocycles. The Labute approximate surface area is 183 Å². The van der Waals surface area contributed by atoms with E-state index in [-0.39, 0.29) is 18.5 Å². The molecule has 2 N–H and O–H groups in total. The molecule has 3 aliphatic rings. The van der Waals surface area contributed by atoms with Crippen LogP contribution in [0.25, 0.3) is 0 Å². The summed E-state index contributed by atoms with van der Waals surface area (Å²) in [6.07, 6.45) is 5.26. The van der Waals surface area contributed by atoms with E-state index < -0.39 is 0 Å². The second-order valence-electron chi connectivity index (χ2n) is 8.94. The number of hydrogen-bond donors (Lipinski definition) is 2. The van der Waals surface area contributed by atoms with Crippen LogP contribution in [0.2, 0.25) is 0 Å². The predicted molar refractivity (Wildman–Crippen MR) is 121 cm³/mol. The van der Waals surface area contributed by atoms with Crippen molar-refractivity contribution in [1.29, 1.82) is 0 Å². The molecule has 2 aliphatic carbocycles. The van der Waals surface area contributed by atoms with Crippen molar-refractivity contribution in [3.8, 4) is 0 Å². The molecular weight excluding hydrogens is 398 g/mol. The van der Waals surface area contributed by atoms with E-state index in [1.54, 1.807) is 30.3 Å². The van der Waals surface area contributed by atoms with Gasteiger partial charge in [0.1, 0.15) is 6.54 Å². The third-order valence-electron chi connectivity index (χ3n) is 6.75. The number of nitrogens with zero attached hydrogens (tertiary/aromatic N) is 3. The molecule has 1 aliphatic heterocycles. The Balaban J connectivity index is 1.43. The van der Waals surface area contributed by atoms with Gasteiger partial charge in [0.2, 0.25) is 5.91 Å². The standard InChI is InChI=1S/C22H35N5O2S/c1-26(2)21(28)15-24-22(25-18-13-16-5-6-17(18)12-16)23-14-19(20-4-3-11-30-20)27-7-9-29-10-8-27/h3-4,11,16-19H,5-10,12-15H2,1-2H3,(H2,23,24,25). The Hall–Kier alpha value is -1.64. The summed E-state index contributed by atoms with van der Waals surface area (Å²) < 4.78 is 5.56. The molecule has 4 atom stereocenters. The molecule has 4 rings (SSSR count). The number of fused-ring (bicyclic) bond motifs is 2. The van der Waals surface area contributed by atoms with E-state index in [0.29, 0.717) is 6.04 Å². The first-order valence-corrected chi connectivity index (χ1v) is 12.1. The summed E-state index contributed by atoms with van der Waals surface area (Å²) >= 11 is 1.80. The van der Waals surface area contributed by atoms with E-state index in [0.717, 1.165) is 50.6 Å². The van der Waals surface area contributed by atoms with E-state index in [9.17, 15) is 4.79 Å². The lowest BCUT2D eigenvalue weighted by atomic mass is 9.95. The fourth-order valence-electron chi connectivity index (χ4n) is 5.01. The van der Waals surface area contributed by atoms with Crippen LogP contribution in [0.1, 0.15) is 36.6 Å². The normalized spacial score (nSPS) is 27.8. The monoisotopic (exact) mass is 433 g/mol. The average molecular weight is 434 g/mol. The summed E-state index contributed by atoms with van der Waals surface area (Å²) in [6.45, 7) is 4.38. The fourth-order valence-corrected chi connectivity index (χ4v) is 5.87. The number of aliphatic imine (C=N–C) groups is 1. The smallest absolute Gasteiger partial charge is 0.243 e. The number of thiophene rings is 1. The van der Waals surface area contributed by atoms with E-state index in [2.05, 4.69) is 38.0 Å². The van der Waals surface area contributed by atoms with Crippen LogP contribution in [-0.4, -0.2) is 81.2 Å². The number of carbonyl (C=O) groups excluding carboxylic acids is 1. The third-order valence-corrected chi connectivity index (χ3v) is 7.73. The van der Waals surface area contributed by atoms with Crippen LogP contribution in [0, 0.1) is 11.8 Å². The average Bonchev–Trinajstić information content (AvgIpc) is 3.51. The maximum Gasteiger partial charge on any atom is 0.243 e. The van der Waals surface area contributed by atoms with Crippen LogP contribution in [0.15, 0.2) is 22.5 Å². The second kappa shape index (κ2) is 10.1. The van der Waals surface area contributed by atoms with Crippen molar-refractivity contribution in [2.24, 2.45) is 16.8 Å². The molecule has 0 spiro atoms. The molecule has 3 fully saturated rings. The van der Waals surface area contributed by atoms with Crippen molar-refractivity contribution in [3.05, 3.63) is 22.4 Å². The first kappa shape index (κ1) is 21.6. The molecule has 1 amide bonds. The van der Waals surface area contributed by atoms with Gasteiger partial charge in [-0.2, -0.15) is 0 Å². The van der Waals surface area contributed by atoms with Crippen molar-refractivity contribution in [2.75, 3.05) is 53.5 Å². The highest BCUT2D eigenvalue weighted by molar-refractivity contribution is 7.10. The number of nitrogens with one attached hydrogen (secondary N) is 2. The summed E-state index contributed by atoms with van der Waals surface area (Å²) in [7, 11) is 3.55. The number of morpholine rings is 1. The molecular formula is C22H35N5O2S. The maximum absolute atomic E-state index is 12.1. The molecule has 2 bridgehead atoms. The van der Waals surface area contributed by atoms with Crippen molar-refractivity contribution in [3.63, 3.8) is 0 Å². The minimum Gasteiger partial charge on any atom is -0.379 e. The van der Waals surface area contributed by atoms with Gasteiger partial charge in [0.05, 0.1) is 19.3 Å². The van der Waals surface area contributed by atoms with Gasteiger partial charge in [0.15, 0.2) is 5.96 Å². The second-order valence-corrected chi connectivity index (χ2v) is 9.92. The Morgan fingerprint density at radius 2 is 2.17 bits per heavy atom. The number of carbonyl (C=O) groups is 1. The van der Waals surface area contributed by atoms with Crippen LogP contribution >= 0.6 is 11.3 Å². The third kappa shape index (κ3) is 5.34. The Morgan fingerprint density at radius 3 is 2.80 bits per heavy atom. The van der Waals surface area contributed by atoms with Gasteiger partial charge in [-0.3, -0.25) is 9.69 Å². The van der Waals surface area contributed by atoms with Gasteiger partial charge >= 0.3 is 0 Å². The highest BCUT2D eigenvalue weighted by Crippen LogP contribution is 2.44. The number of ether oxygens (including phenoxy) is 1. The van der Waals surface area contributed by atoms with Gasteiger partial charge in [0.25, 0.3) is 0 Å². The van der Waals surface area contributed by atoms with Gasteiger partial charge < -0.3 is 20.3 Å². The van der Waals surface area contributed by atoms with E-state index in [1.807, 2.05) is 0 Å². The first-order valence-electron chi connectivity index (χ1n) is 11.2. The van der Waals surface area contributed by atoms with Crippen molar-refractivity contribution in [1.82, 2.24) is 20.4 Å². The molecule has 2 saturated carbocycles. The highest BCUT2D eigenvalue weighted by atomic mass is 32.1. The Bertz CT molecular complexity index is 717. The summed E-state index contributed by atoms with van der Waals surface area (Å²) in [4.78, 5) is 22.2. The SMILES string of the molecule is CN(C)C(=O)CN=C(NCC(c1cccs1)N1CCOCC1)NC1CC2CCC1C2. The molecule has 30 heavy (non-hydrogen) atoms. The predicted octanol–water partition coefficient (Wildman–Crippen LogP) is 1.93. The van der Waals surface area contributed by atoms with Crippen molar-refractivity contribution >= 4 is 23.2 Å². The molecule has 1 aromatic rings. The number of rotatable bonds is 7. The van der Waals surface area contributed by atoms with Crippen LogP contribution in [0.3, 0.4) is 0 Å². The molecule has 0 aromatic carbocycles. The van der Waals surface area contributed by atoms with E-state index >= 15 is 0 Å². The highest BCUT2D eigenvalue weighted by Gasteiger charge is 2.40. The van der Waals surface area contributed by atoms with Crippen molar-refractivity contribution < 1.29 is 9.53 Å². The van der Waals surface area contributed by atoms with E-state index in [1.165, 1.54) is 30.6 Å². The Kier molecular flexibility index (Phi) is 7.28. The minimum atomic E-state index is 0.0204.